The number of nitrogens with zero attached hydrogens (tertiary/aromatic N) is 1. The second-order valence-electron chi connectivity index (χ2n) is 3.06. The Morgan fingerprint density at radius 1 is 1.56 bits per heavy atom. The van der Waals surface area contributed by atoms with E-state index in [0.717, 1.165) is 0 Å². The fourth-order valence-electron chi connectivity index (χ4n) is 1.13. The Hall–Kier alpha value is -1.73. The average molecular weight is 240 g/mol. The molecule has 0 radical (unpaired) electrons. The van der Waals surface area contributed by atoms with E-state index in [1.807, 2.05) is 6.07 Å². The zero-order valence-electron chi connectivity index (χ0n) is 8.44. The summed E-state index contributed by atoms with van der Waals surface area (Å²) in [6, 6.07) is 6.32. The minimum atomic E-state index is -1.06. The summed E-state index contributed by atoms with van der Waals surface area (Å²) in [7, 11) is 0. The molecule has 0 unspecified atom stereocenters. The molecular weight excluding hydrogens is 230 g/mol. The summed E-state index contributed by atoms with van der Waals surface area (Å²) >= 11 is 5.74. The maximum absolute atomic E-state index is 10.8. The summed E-state index contributed by atoms with van der Waals surface area (Å²) in [5.74, 6) is -0.829. The van der Waals surface area contributed by atoms with E-state index < -0.39 is 5.97 Å². The van der Waals surface area contributed by atoms with E-state index >= 15 is 0 Å². The van der Waals surface area contributed by atoms with Crippen LogP contribution in [0, 0.1) is 11.3 Å². The molecule has 0 saturated heterocycles. The number of ether oxygens (including phenoxy) is 1. The highest BCUT2D eigenvalue weighted by Gasteiger charge is 2.11. The van der Waals surface area contributed by atoms with Crippen LogP contribution in [0.25, 0.3) is 0 Å². The molecule has 0 amide bonds. The van der Waals surface area contributed by atoms with Crippen molar-refractivity contribution < 1.29 is 14.6 Å². The summed E-state index contributed by atoms with van der Waals surface area (Å²) < 4.78 is 5.26. The summed E-state index contributed by atoms with van der Waals surface area (Å²) in [6.07, 6.45) is 0.936. The number of aromatic carboxylic acids is 1. The molecule has 16 heavy (non-hydrogen) atoms. The van der Waals surface area contributed by atoms with E-state index in [1.165, 1.54) is 18.2 Å². The van der Waals surface area contributed by atoms with Crippen LogP contribution < -0.4 is 4.74 Å². The van der Waals surface area contributed by atoms with E-state index in [0.29, 0.717) is 24.5 Å². The summed E-state index contributed by atoms with van der Waals surface area (Å²) in [4.78, 5) is 10.8. The molecule has 1 rings (SSSR count). The van der Waals surface area contributed by atoms with E-state index in [2.05, 4.69) is 0 Å². The Bertz CT molecular complexity index is 426. The smallest absolute Gasteiger partial charge is 0.339 e. The Kier molecular flexibility index (Phi) is 4.62. The molecule has 0 spiro atoms. The third-order valence-electron chi connectivity index (χ3n) is 1.86. The fourth-order valence-corrected chi connectivity index (χ4v) is 1.29. The van der Waals surface area contributed by atoms with Gasteiger partial charge in [-0.05, 0) is 24.6 Å². The Balaban J connectivity index is 2.73. The molecule has 0 aliphatic carbocycles. The van der Waals surface area contributed by atoms with Crippen molar-refractivity contribution in [3.8, 4) is 11.8 Å². The molecule has 0 aliphatic heterocycles. The number of halogens is 1. The largest absolute Gasteiger partial charge is 0.493 e. The van der Waals surface area contributed by atoms with E-state index in [9.17, 15) is 4.79 Å². The van der Waals surface area contributed by atoms with Crippen LogP contribution in [0.5, 0.6) is 5.75 Å². The van der Waals surface area contributed by atoms with Gasteiger partial charge in [-0.1, -0.05) is 11.6 Å². The van der Waals surface area contributed by atoms with Crippen LogP contribution in [0.15, 0.2) is 18.2 Å². The van der Waals surface area contributed by atoms with Gasteiger partial charge in [0, 0.05) is 11.4 Å². The highest BCUT2D eigenvalue weighted by atomic mass is 35.5. The molecule has 84 valence electrons. The lowest BCUT2D eigenvalue weighted by Gasteiger charge is -2.08. The Labute approximate surface area is 98.0 Å². The number of nitriles is 1. The normalized spacial score (nSPS) is 9.50. The standard InChI is InChI=1S/C11H10ClNO3/c12-8-3-4-9(11(14)15)10(7-8)16-6-2-1-5-13/h3-4,7H,1-2,6H2,(H,14,15). The summed E-state index contributed by atoms with van der Waals surface area (Å²) in [5, 5.41) is 17.6. The number of carbonyl (C=O) groups is 1. The van der Waals surface area contributed by atoms with Gasteiger partial charge in [-0.25, -0.2) is 4.79 Å². The van der Waals surface area contributed by atoms with E-state index in [4.69, 9.17) is 26.7 Å². The molecule has 4 nitrogen and oxygen atoms in total. The van der Waals surface area contributed by atoms with Crippen molar-refractivity contribution in [2.24, 2.45) is 0 Å². The van der Waals surface area contributed by atoms with Gasteiger partial charge in [-0.3, -0.25) is 0 Å². The average Bonchev–Trinajstić information content (AvgIpc) is 2.24. The lowest BCUT2D eigenvalue weighted by molar-refractivity contribution is 0.0692. The number of benzene rings is 1. The zero-order chi connectivity index (χ0) is 12.0. The van der Waals surface area contributed by atoms with Gasteiger partial charge in [0.15, 0.2) is 0 Å². The second kappa shape index (κ2) is 5.99. The van der Waals surface area contributed by atoms with Crippen molar-refractivity contribution in [1.29, 1.82) is 5.26 Å². The molecule has 0 aliphatic rings. The molecule has 0 bridgehead atoms. The minimum absolute atomic E-state index is 0.0707. The topological polar surface area (TPSA) is 70.3 Å². The number of unbranched alkanes of at least 4 members (excludes halogenated alkanes) is 1. The summed E-state index contributed by atoms with van der Waals surface area (Å²) in [5.41, 5.74) is 0.0707. The van der Waals surface area contributed by atoms with Crippen LogP contribution in [-0.4, -0.2) is 17.7 Å². The molecule has 0 aromatic heterocycles. The minimum Gasteiger partial charge on any atom is -0.493 e. The first-order valence-electron chi connectivity index (χ1n) is 4.67. The molecule has 0 saturated carbocycles. The summed E-state index contributed by atoms with van der Waals surface area (Å²) in [6.45, 7) is 0.300. The first kappa shape index (κ1) is 12.3. The van der Waals surface area contributed by atoms with Crippen molar-refractivity contribution in [1.82, 2.24) is 0 Å². The van der Waals surface area contributed by atoms with Crippen LogP contribution >= 0.6 is 11.6 Å². The maximum Gasteiger partial charge on any atom is 0.339 e. The van der Waals surface area contributed by atoms with Crippen molar-refractivity contribution in [2.45, 2.75) is 12.8 Å². The van der Waals surface area contributed by atoms with Gasteiger partial charge in [0.1, 0.15) is 11.3 Å². The van der Waals surface area contributed by atoms with Crippen molar-refractivity contribution in [3.05, 3.63) is 28.8 Å². The molecular formula is C11H10ClNO3. The zero-order valence-corrected chi connectivity index (χ0v) is 9.20. The van der Waals surface area contributed by atoms with Crippen LogP contribution in [-0.2, 0) is 0 Å². The quantitative estimate of drug-likeness (QED) is 0.802. The number of carboxylic acids is 1. The first-order chi connectivity index (χ1) is 7.65. The van der Waals surface area contributed by atoms with Crippen molar-refractivity contribution in [3.63, 3.8) is 0 Å². The first-order valence-corrected chi connectivity index (χ1v) is 5.05. The molecule has 0 fully saturated rings. The van der Waals surface area contributed by atoms with Gasteiger partial charge >= 0.3 is 5.97 Å². The van der Waals surface area contributed by atoms with Crippen LogP contribution in [0.2, 0.25) is 5.02 Å². The van der Waals surface area contributed by atoms with Gasteiger partial charge in [0.05, 0.1) is 12.7 Å². The Morgan fingerprint density at radius 2 is 2.31 bits per heavy atom. The number of hydrogen-bond acceptors (Lipinski definition) is 3. The molecule has 5 heteroatoms. The van der Waals surface area contributed by atoms with Gasteiger partial charge in [0.25, 0.3) is 0 Å². The van der Waals surface area contributed by atoms with Gasteiger partial charge in [0.2, 0.25) is 0 Å². The van der Waals surface area contributed by atoms with E-state index in [1.54, 1.807) is 0 Å². The molecule has 1 aromatic carbocycles. The fraction of sp³-hybridized carbons (Fsp3) is 0.273. The van der Waals surface area contributed by atoms with Gasteiger partial charge < -0.3 is 9.84 Å². The number of rotatable bonds is 5. The third-order valence-corrected chi connectivity index (χ3v) is 2.10. The monoisotopic (exact) mass is 239 g/mol. The Morgan fingerprint density at radius 3 is 2.94 bits per heavy atom. The predicted molar refractivity (Wildman–Crippen MR) is 58.8 cm³/mol. The molecule has 1 N–H and O–H groups in total. The van der Waals surface area contributed by atoms with Crippen molar-refractivity contribution >= 4 is 17.6 Å². The predicted octanol–water partition coefficient (Wildman–Crippen LogP) is 2.72. The van der Waals surface area contributed by atoms with Crippen LogP contribution in [0.1, 0.15) is 23.2 Å². The lowest BCUT2D eigenvalue weighted by atomic mass is 10.2. The van der Waals surface area contributed by atoms with Gasteiger partial charge in [-0.15, -0.1) is 0 Å². The number of hydrogen-bond donors (Lipinski definition) is 1. The number of carboxylic acid groups (broad SMARTS) is 1. The lowest BCUT2D eigenvalue weighted by Crippen LogP contribution is -2.04. The molecule has 0 atom stereocenters. The van der Waals surface area contributed by atoms with Crippen LogP contribution in [0.4, 0.5) is 0 Å². The van der Waals surface area contributed by atoms with Gasteiger partial charge in [-0.2, -0.15) is 5.26 Å². The maximum atomic E-state index is 10.8. The highest BCUT2D eigenvalue weighted by molar-refractivity contribution is 6.30. The SMILES string of the molecule is N#CCCCOc1cc(Cl)ccc1C(=O)O. The highest BCUT2D eigenvalue weighted by Crippen LogP contribution is 2.23. The van der Waals surface area contributed by atoms with E-state index in [-0.39, 0.29) is 11.3 Å². The molecule has 1 aromatic rings. The second-order valence-corrected chi connectivity index (χ2v) is 3.49. The van der Waals surface area contributed by atoms with Crippen molar-refractivity contribution in [2.75, 3.05) is 6.61 Å². The molecule has 0 heterocycles. The van der Waals surface area contributed by atoms with Crippen LogP contribution in [0.3, 0.4) is 0 Å². The third kappa shape index (κ3) is 3.44.